The van der Waals surface area contributed by atoms with Gasteiger partial charge < -0.3 is 26.8 Å². The average molecular weight is 272 g/mol. The minimum absolute atomic E-state index is 0.00732. The van der Waals surface area contributed by atoms with Gasteiger partial charge in [-0.3, -0.25) is 0 Å². The number of benzene rings is 1. The Hall–Kier alpha value is -1.70. The minimum Gasteiger partial charge on any atom is -0.465 e. The maximum absolute atomic E-state index is 9.61. The van der Waals surface area contributed by atoms with Crippen LogP contribution in [0.15, 0.2) is 30.3 Å². The molecule has 0 fully saturated rings. The van der Waals surface area contributed by atoms with Gasteiger partial charge in [-0.15, -0.1) is 0 Å². The van der Waals surface area contributed by atoms with Gasteiger partial charge in [-0.1, -0.05) is 42.5 Å². The highest BCUT2D eigenvalue weighted by Gasteiger charge is 2.22. The Morgan fingerprint density at radius 1 is 1.28 bits per heavy atom. The van der Waals surface area contributed by atoms with E-state index < -0.39 is 18.1 Å². The van der Waals surface area contributed by atoms with Crippen molar-refractivity contribution in [1.82, 2.24) is 0 Å². The molecule has 0 bridgehead atoms. The number of hydrogen-bond acceptors (Lipinski definition) is 4. The van der Waals surface area contributed by atoms with Crippen molar-refractivity contribution in [2.45, 2.75) is 12.0 Å². The summed E-state index contributed by atoms with van der Waals surface area (Å²) in [6.07, 6.45) is -2.31. The van der Waals surface area contributed by atoms with Gasteiger partial charge in [0.05, 0.1) is 6.61 Å². The van der Waals surface area contributed by atoms with E-state index in [1.807, 2.05) is 30.3 Å². The van der Waals surface area contributed by atoms with Gasteiger partial charge in [0.1, 0.15) is 11.1 Å². The summed E-state index contributed by atoms with van der Waals surface area (Å²) >= 11 is 4.68. The Morgan fingerprint density at radius 2 is 1.72 bits per heavy atom. The van der Waals surface area contributed by atoms with E-state index >= 15 is 0 Å². The van der Waals surface area contributed by atoms with E-state index in [1.165, 1.54) is 0 Å². The molecule has 1 aromatic carbocycles. The first-order valence-electron chi connectivity index (χ1n) is 5.01. The molecular formula is C11H16N2O4S. The third kappa shape index (κ3) is 6.14. The molecule has 0 saturated heterocycles. The van der Waals surface area contributed by atoms with Crippen LogP contribution in [-0.2, 0) is 0 Å². The van der Waals surface area contributed by atoms with Crippen LogP contribution in [0.4, 0.5) is 4.79 Å². The average Bonchev–Trinajstić information content (AvgIpc) is 2.30. The zero-order chi connectivity index (χ0) is 14.1. The molecule has 1 aromatic rings. The van der Waals surface area contributed by atoms with E-state index in [0.29, 0.717) is 0 Å². The Labute approximate surface area is 110 Å². The fraction of sp³-hybridized carbons (Fsp3) is 0.273. The van der Waals surface area contributed by atoms with Gasteiger partial charge in [-0.05, 0) is 5.56 Å². The number of aliphatic hydroxyl groups excluding tert-OH is 2. The van der Waals surface area contributed by atoms with Gasteiger partial charge in [-0.25, -0.2) is 4.79 Å². The molecule has 0 aliphatic heterocycles. The summed E-state index contributed by atoms with van der Waals surface area (Å²) in [5.74, 6) is -0.436. The fourth-order valence-corrected chi connectivity index (χ4v) is 1.45. The topological polar surface area (TPSA) is 130 Å². The SMILES string of the molecule is NC(=O)O.NC(=S)C(O)C(CO)c1ccccc1. The van der Waals surface area contributed by atoms with Crippen molar-refractivity contribution in [1.29, 1.82) is 0 Å². The lowest BCUT2D eigenvalue weighted by molar-refractivity contribution is 0.156. The first-order valence-corrected chi connectivity index (χ1v) is 5.42. The fourth-order valence-electron chi connectivity index (χ4n) is 1.29. The van der Waals surface area contributed by atoms with Crippen molar-refractivity contribution in [2.75, 3.05) is 6.61 Å². The smallest absolute Gasteiger partial charge is 0.402 e. The summed E-state index contributed by atoms with van der Waals surface area (Å²) in [5.41, 5.74) is 10.2. The van der Waals surface area contributed by atoms with Crippen molar-refractivity contribution < 1.29 is 20.1 Å². The van der Waals surface area contributed by atoms with Gasteiger partial charge in [0.15, 0.2) is 0 Å². The van der Waals surface area contributed by atoms with Crippen LogP contribution in [0, 0.1) is 0 Å². The quantitative estimate of drug-likeness (QED) is 0.492. The van der Waals surface area contributed by atoms with Gasteiger partial charge in [-0.2, -0.15) is 0 Å². The second-order valence-electron chi connectivity index (χ2n) is 3.39. The molecule has 0 saturated carbocycles. The third-order valence-electron chi connectivity index (χ3n) is 2.10. The molecule has 0 heterocycles. The van der Waals surface area contributed by atoms with Crippen molar-refractivity contribution in [3.63, 3.8) is 0 Å². The lowest BCUT2D eigenvalue weighted by atomic mass is 9.94. The Bertz CT molecular complexity index is 382. The predicted octanol–water partition coefficient (Wildman–Crippen LogP) is 0.0326. The van der Waals surface area contributed by atoms with Gasteiger partial charge >= 0.3 is 6.09 Å². The molecule has 1 rings (SSSR count). The lowest BCUT2D eigenvalue weighted by Crippen LogP contribution is -2.34. The second kappa shape index (κ2) is 8.40. The van der Waals surface area contributed by atoms with Gasteiger partial charge in [0.2, 0.25) is 0 Å². The number of nitrogens with two attached hydrogens (primary N) is 2. The lowest BCUT2D eigenvalue weighted by Gasteiger charge is -2.19. The normalized spacial score (nSPS) is 12.8. The molecule has 0 aliphatic rings. The Kier molecular flexibility index (Phi) is 7.61. The van der Waals surface area contributed by atoms with E-state index in [-0.39, 0.29) is 11.6 Å². The number of thiocarbonyl (C=S) groups is 1. The van der Waals surface area contributed by atoms with Gasteiger partial charge in [0, 0.05) is 5.92 Å². The Morgan fingerprint density at radius 3 is 2.06 bits per heavy atom. The number of primary amides is 1. The van der Waals surface area contributed by atoms with Crippen LogP contribution < -0.4 is 11.5 Å². The molecule has 0 spiro atoms. The highest BCUT2D eigenvalue weighted by Crippen LogP contribution is 2.19. The molecule has 1 amide bonds. The summed E-state index contributed by atoms with van der Waals surface area (Å²) < 4.78 is 0. The number of aliphatic hydroxyl groups is 2. The monoisotopic (exact) mass is 272 g/mol. The first kappa shape index (κ1) is 16.3. The highest BCUT2D eigenvalue weighted by molar-refractivity contribution is 7.80. The number of carboxylic acid groups (broad SMARTS) is 1. The first-order chi connectivity index (χ1) is 8.40. The molecule has 0 aliphatic carbocycles. The third-order valence-corrected chi connectivity index (χ3v) is 2.34. The van der Waals surface area contributed by atoms with Crippen LogP contribution >= 0.6 is 12.2 Å². The number of carbonyl (C=O) groups is 1. The maximum Gasteiger partial charge on any atom is 0.402 e. The van der Waals surface area contributed by atoms with Crippen molar-refractivity contribution in [3.8, 4) is 0 Å². The molecule has 0 radical (unpaired) electrons. The molecule has 6 nitrogen and oxygen atoms in total. The molecular weight excluding hydrogens is 256 g/mol. The molecule has 7 N–H and O–H groups in total. The Balaban J connectivity index is 0.000000631. The molecule has 18 heavy (non-hydrogen) atoms. The standard InChI is InChI=1S/C10H13NO2S.CH3NO2/c11-10(14)9(13)8(6-12)7-4-2-1-3-5-7;2-1(3)4/h1-5,8-9,12-13H,6H2,(H2,11,14);2H2,(H,3,4). The highest BCUT2D eigenvalue weighted by atomic mass is 32.1. The zero-order valence-corrected chi connectivity index (χ0v) is 10.4. The van der Waals surface area contributed by atoms with Crippen LogP contribution in [0.25, 0.3) is 0 Å². The van der Waals surface area contributed by atoms with Crippen molar-refractivity contribution >= 4 is 23.3 Å². The predicted molar refractivity (Wildman–Crippen MR) is 71.3 cm³/mol. The number of rotatable bonds is 4. The summed E-state index contributed by atoms with van der Waals surface area (Å²) in [5, 5.41) is 25.9. The molecule has 100 valence electrons. The van der Waals surface area contributed by atoms with E-state index in [9.17, 15) is 5.11 Å². The van der Waals surface area contributed by atoms with Gasteiger partial charge in [0.25, 0.3) is 0 Å². The largest absolute Gasteiger partial charge is 0.465 e. The number of hydrogen-bond donors (Lipinski definition) is 5. The van der Waals surface area contributed by atoms with Crippen LogP contribution in [0.3, 0.4) is 0 Å². The van der Waals surface area contributed by atoms with Crippen LogP contribution in [0.2, 0.25) is 0 Å². The minimum atomic E-state index is -1.33. The maximum atomic E-state index is 9.61. The van der Waals surface area contributed by atoms with Crippen molar-refractivity contribution in [3.05, 3.63) is 35.9 Å². The van der Waals surface area contributed by atoms with Crippen LogP contribution in [0.1, 0.15) is 11.5 Å². The van der Waals surface area contributed by atoms with E-state index in [4.69, 9.17) is 20.7 Å². The summed E-state index contributed by atoms with van der Waals surface area (Å²) in [6.45, 7) is -0.178. The number of amides is 1. The van der Waals surface area contributed by atoms with E-state index in [1.54, 1.807) is 0 Å². The van der Waals surface area contributed by atoms with Crippen molar-refractivity contribution in [2.24, 2.45) is 11.5 Å². The molecule has 0 aromatic heterocycles. The van der Waals surface area contributed by atoms with Crippen LogP contribution in [0.5, 0.6) is 0 Å². The molecule has 7 heteroatoms. The molecule has 2 unspecified atom stereocenters. The van der Waals surface area contributed by atoms with E-state index in [0.717, 1.165) is 5.56 Å². The summed E-state index contributed by atoms with van der Waals surface area (Å²) in [7, 11) is 0. The molecule has 2 atom stereocenters. The summed E-state index contributed by atoms with van der Waals surface area (Å²) in [6, 6.07) is 9.18. The summed E-state index contributed by atoms with van der Waals surface area (Å²) in [4.78, 5) is 8.79. The second-order valence-corrected chi connectivity index (χ2v) is 3.86. The zero-order valence-electron chi connectivity index (χ0n) is 9.56. The van der Waals surface area contributed by atoms with E-state index in [2.05, 4.69) is 18.0 Å². The van der Waals surface area contributed by atoms with Crippen LogP contribution in [-0.4, -0.2) is 39.1 Å².